The van der Waals surface area contributed by atoms with Crippen LogP contribution < -0.4 is 21.1 Å². The number of nitrogens with one attached hydrogen (secondary N) is 3. The van der Waals surface area contributed by atoms with Gasteiger partial charge in [0.05, 0.1) is 7.11 Å². The largest absolute Gasteiger partial charge is 0.496 e. The van der Waals surface area contributed by atoms with Crippen LogP contribution in [0, 0.1) is 17.8 Å². The molecule has 4 atom stereocenters. The average molecular weight is 524 g/mol. The first-order valence-electron chi connectivity index (χ1n) is 13.7. The van der Waals surface area contributed by atoms with Crippen molar-refractivity contribution < 1.29 is 23.9 Å². The van der Waals surface area contributed by atoms with Gasteiger partial charge in [-0.2, -0.15) is 0 Å². The van der Waals surface area contributed by atoms with Crippen LogP contribution in [0.4, 0.5) is 0 Å². The number of rotatable bonds is 8. The summed E-state index contributed by atoms with van der Waals surface area (Å²) in [6.07, 6.45) is 6.70. The summed E-state index contributed by atoms with van der Waals surface area (Å²) in [5.41, 5.74) is 6.81. The van der Waals surface area contributed by atoms with Crippen LogP contribution in [0.15, 0.2) is 24.3 Å². The van der Waals surface area contributed by atoms with Crippen LogP contribution in [0.5, 0.6) is 5.75 Å². The van der Waals surface area contributed by atoms with Gasteiger partial charge in [-0.3, -0.25) is 19.2 Å². The lowest BCUT2D eigenvalue weighted by Crippen LogP contribution is -2.53. The fourth-order valence-corrected chi connectivity index (χ4v) is 6.55. The second kappa shape index (κ2) is 11.0. The summed E-state index contributed by atoms with van der Waals surface area (Å²) in [4.78, 5) is 56.8. The first-order chi connectivity index (χ1) is 18.4. The molecule has 2 saturated heterocycles. The van der Waals surface area contributed by atoms with E-state index in [4.69, 9.17) is 10.5 Å². The van der Waals surface area contributed by atoms with Gasteiger partial charge in [-0.15, -0.1) is 0 Å². The van der Waals surface area contributed by atoms with Crippen LogP contribution in [0.1, 0.15) is 61.9 Å². The zero-order chi connectivity index (χ0) is 26.8. The topological polar surface area (TPSA) is 147 Å². The third-order valence-corrected chi connectivity index (χ3v) is 8.62. The molecular weight excluding hydrogens is 486 g/mol. The number of H-pyrrole nitrogens is 1. The van der Waals surface area contributed by atoms with Crippen LogP contribution in [0.2, 0.25) is 0 Å². The number of piperidine rings is 1. The Morgan fingerprint density at radius 3 is 2.66 bits per heavy atom. The zero-order valence-corrected chi connectivity index (χ0v) is 21.8. The Balaban J connectivity index is 1.37. The molecule has 3 heterocycles. The fourth-order valence-electron chi connectivity index (χ4n) is 6.55. The lowest BCUT2D eigenvalue weighted by molar-refractivity contribution is -0.132. The third-order valence-electron chi connectivity index (χ3n) is 8.62. The molecule has 5 rings (SSSR count). The Morgan fingerprint density at radius 1 is 1.16 bits per heavy atom. The second-order valence-corrected chi connectivity index (χ2v) is 10.9. The van der Waals surface area contributed by atoms with E-state index in [1.807, 2.05) is 18.2 Å². The molecule has 2 aromatic rings. The smallest absolute Gasteiger partial charge is 0.270 e. The summed E-state index contributed by atoms with van der Waals surface area (Å²) in [7, 11) is 1.59. The molecule has 4 amide bonds. The van der Waals surface area contributed by atoms with Gasteiger partial charge in [0.1, 0.15) is 23.5 Å². The predicted molar refractivity (Wildman–Crippen MR) is 141 cm³/mol. The first-order valence-corrected chi connectivity index (χ1v) is 13.7. The molecule has 3 aliphatic rings. The maximum absolute atomic E-state index is 13.8. The van der Waals surface area contributed by atoms with Crippen molar-refractivity contribution in [3.05, 3.63) is 30.0 Å². The number of benzene rings is 1. The molecular formula is C28H37N5O5. The number of primary amides is 1. The monoisotopic (exact) mass is 523 g/mol. The molecule has 0 radical (unpaired) electrons. The number of carbonyl (C=O) groups is 4. The molecule has 10 heteroatoms. The van der Waals surface area contributed by atoms with E-state index >= 15 is 0 Å². The third kappa shape index (κ3) is 5.21. The van der Waals surface area contributed by atoms with Crippen molar-refractivity contribution in [2.75, 3.05) is 20.2 Å². The van der Waals surface area contributed by atoms with Crippen LogP contribution in [-0.4, -0.2) is 65.8 Å². The molecule has 1 aromatic heterocycles. The van der Waals surface area contributed by atoms with Crippen LogP contribution >= 0.6 is 0 Å². The normalized spacial score (nSPS) is 24.8. The number of methoxy groups -OCH3 is 1. The predicted octanol–water partition coefficient (Wildman–Crippen LogP) is 2.08. The van der Waals surface area contributed by atoms with E-state index < -0.39 is 23.9 Å². The highest BCUT2D eigenvalue weighted by Gasteiger charge is 2.44. The molecule has 10 nitrogen and oxygen atoms in total. The summed E-state index contributed by atoms with van der Waals surface area (Å²) in [5, 5.41) is 6.41. The van der Waals surface area contributed by atoms with E-state index in [1.165, 1.54) is 12.8 Å². The molecule has 1 aliphatic carbocycles. The Morgan fingerprint density at radius 2 is 1.95 bits per heavy atom. The number of nitrogens with zero attached hydrogens (tertiary/aromatic N) is 1. The minimum atomic E-state index is -0.976. The lowest BCUT2D eigenvalue weighted by Gasteiger charge is -2.28. The van der Waals surface area contributed by atoms with Crippen LogP contribution in [0.3, 0.4) is 0 Å². The molecule has 3 unspecified atom stereocenters. The van der Waals surface area contributed by atoms with Crippen molar-refractivity contribution in [3.8, 4) is 5.75 Å². The molecule has 1 saturated carbocycles. The Hall–Kier alpha value is -3.56. The molecule has 5 N–H and O–H groups in total. The quantitative estimate of drug-likeness (QED) is 0.418. The van der Waals surface area contributed by atoms with Crippen molar-refractivity contribution in [2.45, 2.75) is 63.5 Å². The lowest BCUT2D eigenvalue weighted by atomic mass is 9.88. The fraction of sp³-hybridized carbons (Fsp3) is 0.571. The van der Waals surface area contributed by atoms with Crippen LogP contribution in [0.25, 0.3) is 10.9 Å². The maximum atomic E-state index is 13.8. The number of likely N-dealkylation sites (tertiary alicyclic amines) is 1. The standard InChI is InChI=1S/C28H37N5O5/c1-38-24-10-4-9-20-19(24)14-22(31-20)28(37)33-15-18(16-6-2-3-7-16)13-23(33)27(36)32-21(25(29)34)12-17-8-5-11-30-26(17)35/h4,9-10,14,16-18,21,23,31H,2-3,5-8,11-13,15H2,1H3,(H2,29,34)(H,30,35)(H,32,36)/t17-,18?,21?,23?/m0/s1. The molecule has 0 bridgehead atoms. The van der Waals surface area contributed by atoms with Gasteiger partial charge in [-0.25, -0.2) is 0 Å². The molecule has 38 heavy (non-hydrogen) atoms. The van der Waals surface area contributed by atoms with E-state index in [-0.39, 0.29) is 30.1 Å². The van der Waals surface area contributed by atoms with E-state index in [0.717, 1.165) is 30.2 Å². The van der Waals surface area contributed by atoms with Crippen molar-refractivity contribution in [2.24, 2.45) is 23.5 Å². The number of nitrogens with two attached hydrogens (primary N) is 1. The van der Waals surface area contributed by atoms with Gasteiger partial charge >= 0.3 is 0 Å². The number of ether oxygens (including phenoxy) is 1. The Bertz CT molecular complexity index is 1220. The van der Waals surface area contributed by atoms with Gasteiger partial charge < -0.3 is 31.0 Å². The maximum Gasteiger partial charge on any atom is 0.270 e. The highest BCUT2D eigenvalue weighted by atomic mass is 16.5. The first kappa shape index (κ1) is 26.1. The molecule has 204 valence electrons. The summed E-state index contributed by atoms with van der Waals surface area (Å²) < 4.78 is 5.44. The van der Waals surface area contributed by atoms with Gasteiger partial charge in [0.25, 0.3) is 5.91 Å². The van der Waals surface area contributed by atoms with Crippen molar-refractivity contribution in [1.82, 2.24) is 20.5 Å². The van der Waals surface area contributed by atoms with E-state index in [0.29, 0.717) is 43.3 Å². The SMILES string of the molecule is COc1cccc2[nH]c(C(=O)N3CC(C4CCCC4)CC3C(=O)NC(C[C@@H]3CCCNC3=O)C(N)=O)cc12. The van der Waals surface area contributed by atoms with E-state index in [9.17, 15) is 19.2 Å². The Labute approximate surface area is 222 Å². The number of aromatic amines is 1. The minimum absolute atomic E-state index is 0.120. The van der Waals surface area contributed by atoms with Gasteiger partial charge in [0.15, 0.2) is 0 Å². The number of hydrogen-bond acceptors (Lipinski definition) is 5. The van der Waals surface area contributed by atoms with Gasteiger partial charge in [-0.05, 0) is 55.7 Å². The number of amides is 4. The second-order valence-electron chi connectivity index (χ2n) is 10.9. The number of fused-ring (bicyclic) bond motifs is 1. The summed E-state index contributed by atoms with van der Waals surface area (Å²) >= 11 is 0. The summed E-state index contributed by atoms with van der Waals surface area (Å²) in [5.74, 6) is -0.480. The van der Waals surface area contributed by atoms with Crippen molar-refractivity contribution >= 4 is 34.5 Å². The van der Waals surface area contributed by atoms with Crippen molar-refractivity contribution in [3.63, 3.8) is 0 Å². The minimum Gasteiger partial charge on any atom is -0.496 e. The van der Waals surface area contributed by atoms with E-state index in [1.54, 1.807) is 18.1 Å². The molecule has 1 aromatic carbocycles. The molecule has 2 aliphatic heterocycles. The number of hydrogen-bond donors (Lipinski definition) is 4. The number of aromatic nitrogens is 1. The van der Waals surface area contributed by atoms with E-state index in [2.05, 4.69) is 15.6 Å². The zero-order valence-electron chi connectivity index (χ0n) is 21.8. The summed E-state index contributed by atoms with van der Waals surface area (Å²) in [6.45, 7) is 1.10. The summed E-state index contributed by atoms with van der Waals surface area (Å²) in [6, 6.07) is 5.64. The highest BCUT2D eigenvalue weighted by Crippen LogP contribution is 2.39. The molecule has 3 fully saturated rings. The van der Waals surface area contributed by atoms with Gasteiger partial charge in [-0.1, -0.05) is 31.7 Å². The highest BCUT2D eigenvalue weighted by molar-refractivity contribution is 6.02. The average Bonchev–Trinajstić information content (AvgIpc) is 3.68. The van der Waals surface area contributed by atoms with Gasteiger partial charge in [0, 0.05) is 29.9 Å². The van der Waals surface area contributed by atoms with Crippen molar-refractivity contribution in [1.29, 1.82) is 0 Å². The molecule has 0 spiro atoms. The number of carbonyl (C=O) groups excluding carboxylic acids is 4. The van der Waals surface area contributed by atoms with Crippen LogP contribution in [-0.2, 0) is 14.4 Å². The van der Waals surface area contributed by atoms with Gasteiger partial charge in [0.2, 0.25) is 17.7 Å². The Kier molecular flexibility index (Phi) is 7.58.